The van der Waals surface area contributed by atoms with Crippen LogP contribution in [0.1, 0.15) is 28.4 Å². The quantitative estimate of drug-likeness (QED) is 0.358. The molecule has 1 aliphatic heterocycles. The SMILES string of the molecule is CN=C(NCc1sc(C)nc1C)NC1CCCN(c2ccccc2Cl)C1.I. The third kappa shape index (κ3) is 5.96. The van der Waals surface area contributed by atoms with E-state index in [0.717, 1.165) is 59.8 Å². The number of para-hydroxylation sites is 1. The molecule has 1 unspecified atom stereocenters. The molecule has 5 nitrogen and oxygen atoms in total. The van der Waals surface area contributed by atoms with Gasteiger partial charge in [0.05, 0.1) is 28.0 Å². The minimum Gasteiger partial charge on any atom is -0.368 e. The molecular formula is C19H27ClIN5S. The van der Waals surface area contributed by atoms with Crippen molar-refractivity contribution >= 4 is 58.6 Å². The minimum atomic E-state index is 0. The van der Waals surface area contributed by atoms with Crippen LogP contribution in [0.15, 0.2) is 29.3 Å². The first-order chi connectivity index (χ1) is 12.6. The van der Waals surface area contributed by atoms with Crippen LogP contribution >= 0.6 is 46.9 Å². The van der Waals surface area contributed by atoms with Gasteiger partial charge in [0, 0.05) is 31.1 Å². The Morgan fingerprint density at radius 1 is 1.37 bits per heavy atom. The van der Waals surface area contributed by atoms with Crippen LogP contribution in [-0.2, 0) is 6.54 Å². The summed E-state index contributed by atoms with van der Waals surface area (Å²) in [6.07, 6.45) is 2.26. The highest BCUT2D eigenvalue weighted by atomic mass is 127. The molecule has 8 heteroatoms. The third-order valence-electron chi connectivity index (χ3n) is 4.59. The molecule has 0 amide bonds. The number of nitrogens with one attached hydrogen (secondary N) is 2. The summed E-state index contributed by atoms with van der Waals surface area (Å²) >= 11 is 8.10. The van der Waals surface area contributed by atoms with Crippen molar-refractivity contribution in [1.29, 1.82) is 0 Å². The van der Waals surface area contributed by atoms with Gasteiger partial charge in [0.25, 0.3) is 0 Å². The standard InChI is InChI=1S/C19H26ClN5S.HI/c1-13-18(26-14(2)23-13)11-22-19(21-3)24-15-7-6-10-25(12-15)17-9-5-4-8-16(17)20;/h4-5,8-9,15H,6-7,10-12H2,1-3H3,(H2,21,22,24);1H. The molecule has 0 radical (unpaired) electrons. The molecule has 27 heavy (non-hydrogen) atoms. The first-order valence-corrected chi connectivity index (χ1v) is 10.2. The number of aromatic nitrogens is 1. The maximum Gasteiger partial charge on any atom is 0.191 e. The molecule has 1 aromatic heterocycles. The van der Waals surface area contributed by atoms with Crippen LogP contribution in [0.3, 0.4) is 0 Å². The molecular weight excluding hydrogens is 493 g/mol. The number of hydrogen-bond acceptors (Lipinski definition) is 4. The average molecular weight is 520 g/mol. The molecule has 0 saturated carbocycles. The molecule has 1 saturated heterocycles. The maximum atomic E-state index is 6.37. The van der Waals surface area contributed by atoms with E-state index in [0.29, 0.717) is 6.04 Å². The maximum absolute atomic E-state index is 6.37. The van der Waals surface area contributed by atoms with Crippen molar-refractivity contribution in [3.63, 3.8) is 0 Å². The Morgan fingerprint density at radius 3 is 2.81 bits per heavy atom. The lowest BCUT2D eigenvalue weighted by Gasteiger charge is -2.35. The van der Waals surface area contributed by atoms with Gasteiger partial charge in [-0.15, -0.1) is 35.3 Å². The molecule has 3 rings (SSSR count). The Labute approximate surface area is 187 Å². The van der Waals surface area contributed by atoms with Gasteiger partial charge >= 0.3 is 0 Å². The lowest BCUT2D eigenvalue weighted by Crippen LogP contribution is -2.51. The summed E-state index contributed by atoms with van der Waals surface area (Å²) in [5, 5.41) is 8.89. The van der Waals surface area contributed by atoms with Crippen LogP contribution < -0.4 is 15.5 Å². The fourth-order valence-electron chi connectivity index (χ4n) is 3.31. The number of hydrogen-bond donors (Lipinski definition) is 2. The number of benzene rings is 1. The normalized spacial score (nSPS) is 17.4. The molecule has 0 aliphatic carbocycles. The van der Waals surface area contributed by atoms with Crippen molar-refractivity contribution in [2.75, 3.05) is 25.0 Å². The summed E-state index contributed by atoms with van der Waals surface area (Å²) in [4.78, 5) is 12.5. The first kappa shape index (κ1) is 22.2. The monoisotopic (exact) mass is 519 g/mol. The minimum absolute atomic E-state index is 0. The highest BCUT2D eigenvalue weighted by Crippen LogP contribution is 2.27. The van der Waals surface area contributed by atoms with Crippen molar-refractivity contribution < 1.29 is 0 Å². The molecule has 0 spiro atoms. The lowest BCUT2D eigenvalue weighted by atomic mass is 10.0. The summed E-state index contributed by atoms with van der Waals surface area (Å²) in [6, 6.07) is 8.40. The van der Waals surface area contributed by atoms with Crippen LogP contribution in [-0.4, -0.2) is 37.1 Å². The van der Waals surface area contributed by atoms with Gasteiger partial charge in [-0.2, -0.15) is 0 Å². The van der Waals surface area contributed by atoms with Gasteiger partial charge in [-0.1, -0.05) is 23.7 Å². The topological polar surface area (TPSA) is 52.6 Å². The summed E-state index contributed by atoms with van der Waals surface area (Å²) in [5.74, 6) is 0.835. The fraction of sp³-hybridized carbons (Fsp3) is 0.474. The van der Waals surface area contributed by atoms with E-state index in [1.54, 1.807) is 11.3 Å². The predicted octanol–water partition coefficient (Wildman–Crippen LogP) is 4.37. The molecule has 1 aliphatic rings. The summed E-state index contributed by atoms with van der Waals surface area (Å²) < 4.78 is 0. The molecule has 2 heterocycles. The number of rotatable bonds is 4. The van der Waals surface area contributed by atoms with Gasteiger partial charge in [-0.05, 0) is 38.8 Å². The molecule has 1 atom stereocenters. The van der Waals surface area contributed by atoms with E-state index in [1.807, 2.05) is 32.2 Å². The van der Waals surface area contributed by atoms with Gasteiger partial charge in [0.15, 0.2) is 5.96 Å². The second kappa shape index (κ2) is 10.5. The average Bonchev–Trinajstić information content (AvgIpc) is 2.96. The van der Waals surface area contributed by atoms with Crippen LogP contribution in [0, 0.1) is 13.8 Å². The summed E-state index contributed by atoms with van der Waals surface area (Å²) in [5.41, 5.74) is 2.21. The Morgan fingerprint density at radius 2 is 2.15 bits per heavy atom. The zero-order chi connectivity index (χ0) is 18.5. The number of halogens is 2. The lowest BCUT2D eigenvalue weighted by molar-refractivity contribution is 0.468. The Bertz CT molecular complexity index is 779. The number of thiazole rings is 1. The van der Waals surface area contributed by atoms with Gasteiger partial charge in [0.2, 0.25) is 0 Å². The van der Waals surface area contributed by atoms with E-state index < -0.39 is 0 Å². The van der Waals surface area contributed by atoms with Gasteiger partial charge in [0.1, 0.15) is 0 Å². The van der Waals surface area contributed by atoms with E-state index >= 15 is 0 Å². The summed E-state index contributed by atoms with van der Waals surface area (Å²) in [6.45, 7) is 6.80. The van der Waals surface area contributed by atoms with Gasteiger partial charge in [-0.3, -0.25) is 4.99 Å². The number of aliphatic imine (C=N–C) groups is 1. The number of nitrogens with zero attached hydrogens (tertiary/aromatic N) is 3. The Hall–Kier alpha value is -1.06. The Balaban J connectivity index is 0.00000261. The molecule has 2 aromatic rings. The van der Waals surface area contributed by atoms with E-state index in [1.165, 1.54) is 4.88 Å². The summed E-state index contributed by atoms with van der Waals surface area (Å²) in [7, 11) is 1.81. The van der Waals surface area contributed by atoms with Crippen LogP contribution in [0.25, 0.3) is 0 Å². The predicted molar refractivity (Wildman–Crippen MR) is 127 cm³/mol. The van der Waals surface area contributed by atoms with Crippen molar-refractivity contribution in [3.05, 3.63) is 44.9 Å². The number of anilines is 1. The number of piperidine rings is 1. The Kier molecular flexibility index (Phi) is 8.62. The second-order valence-electron chi connectivity index (χ2n) is 6.55. The third-order valence-corrected chi connectivity index (χ3v) is 5.99. The molecule has 0 bridgehead atoms. The molecule has 148 valence electrons. The second-order valence-corrected chi connectivity index (χ2v) is 8.24. The van der Waals surface area contributed by atoms with Crippen molar-refractivity contribution in [2.24, 2.45) is 4.99 Å². The van der Waals surface area contributed by atoms with Crippen molar-refractivity contribution in [2.45, 2.75) is 39.3 Å². The highest BCUT2D eigenvalue weighted by Gasteiger charge is 2.22. The number of aryl methyl sites for hydroxylation is 2. The molecule has 2 N–H and O–H groups in total. The zero-order valence-electron chi connectivity index (χ0n) is 16.0. The zero-order valence-corrected chi connectivity index (χ0v) is 19.9. The highest BCUT2D eigenvalue weighted by molar-refractivity contribution is 14.0. The van der Waals surface area contributed by atoms with E-state index in [9.17, 15) is 0 Å². The van der Waals surface area contributed by atoms with Gasteiger partial charge < -0.3 is 15.5 Å². The van der Waals surface area contributed by atoms with E-state index in [-0.39, 0.29) is 24.0 Å². The smallest absolute Gasteiger partial charge is 0.191 e. The van der Waals surface area contributed by atoms with Crippen LogP contribution in [0.2, 0.25) is 5.02 Å². The van der Waals surface area contributed by atoms with E-state index in [2.05, 4.69) is 38.5 Å². The van der Waals surface area contributed by atoms with Crippen molar-refractivity contribution in [3.8, 4) is 0 Å². The van der Waals surface area contributed by atoms with Crippen molar-refractivity contribution in [1.82, 2.24) is 15.6 Å². The van der Waals surface area contributed by atoms with Crippen LogP contribution in [0.5, 0.6) is 0 Å². The number of guanidine groups is 1. The fourth-order valence-corrected chi connectivity index (χ4v) is 4.44. The van der Waals surface area contributed by atoms with Crippen LogP contribution in [0.4, 0.5) is 5.69 Å². The largest absolute Gasteiger partial charge is 0.368 e. The molecule has 1 aromatic carbocycles. The molecule has 1 fully saturated rings. The first-order valence-electron chi connectivity index (χ1n) is 8.96. The van der Waals surface area contributed by atoms with E-state index in [4.69, 9.17) is 11.6 Å². The van der Waals surface area contributed by atoms with Gasteiger partial charge in [-0.25, -0.2) is 4.98 Å².